The summed E-state index contributed by atoms with van der Waals surface area (Å²) in [6.45, 7) is 33.4. The molecule has 2 unspecified atom stereocenters. The lowest BCUT2D eigenvalue weighted by Gasteiger charge is -2.13. The van der Waals surface area contributed by atoms with Crippen molar-refractivity contribution < 1.29 is 38.7 Å². The molecule has 0 aliphatic heterocycles. The molecule has 2 rings (SSSR count). The molecule has 0 radical (unpaired) electrons. The van der Waals surface area contributed by atoms with Crippen LogP contribution in [0, 0.1) is 0 Å². The molecule has 2 atom stereocenters. The zero-order valence-electron chi connectivity index (χ0n) is 39.5. The van der Waals surface area contributed by atoms with Crippen molar-refractivity contribution in [2.24, 2.45) is 0 Å². The van der Waals surface area contributed by atoms with Gasteiger partial charge in [0.15, 0.2) is 6.79 Å². The van der Waals surface area contributed by atoms with E-state index in [2.05, 4.69) is 65.2 Å². The van der Waals surface area contributed by atoms with Crippen LogP contribution in [0.2, 0.25) is 0 Å². The molecule has 14 heteroatoms. The largest absolute Gasteiger partial charge is 0.466 e. The van der Waals surface area contributed by atoms with Crippen molar-refractivity contribution in [1.29, 1.82) is 0 Å². The topological polar surface area (TPSA) is 112 Å². The van der Waals surface area contributed by atoms with E-state index in [9.17, 15) is 14.7 Å². The molecule has 0 saturated heterocycles. The van der Waals surface area contributed by atoms with Crippen LogP contribution in [0.15, 0.2) is 131 Å². The van der Waals surface area contributed by atoms with Crippen LogP contribution in [0.25, 0.3) is 0 Å². The van der Waals surface area contributed by atoms with Crippen LogP contribution in [0.4, 0.5) is 0 Å². The summed E-state index contributed by atoms with van der Waals surface area (Å²) in [5.74, 6) is 3.32. The number of benzene rings is 2. The van der Waals surface area contributed by atoms with E-state index < -0.39 is 12.1 Å². The van der Waals surface area contributed by atoms with Crippen molar-refractivity contribution in [3.63, 3.8) is 0 Å². The molecule has 0 heterocycles. The quantitative estimate of drug-likeness (QED) is 0.0292. The van der Waals surface area contributed by atoms with E-state index in [0.717, 1.165) is 38.2 Å². The van der Waals surface area contributed by atoms with Crippen LogP contribution in [-0.4, -0.2) is 115 Å². The maximum atomic E-state index is 11.7. The van der Waals surface area contributed by atoms with Gasteiger partial charge >= 0.3 is 11.9 Å². The fourth-order valence-corrected chi connectivity index (χ4v) is 6.49. The standard InChI is InChI=1S/C15H20O5S.C12H14O2S.C6H12S.C5H10OS.2C5H10S/c1-11(2)15(17)19-9-12(16)8-18-10-20-13-6-4-5-7-14(13)21-3;1-9(2)8-14-12(13)10-6-4-5-7-11(10)15-3;1-6(2)4-5-7-3;1-4(2)5(6)7-3;2*1-5(2)4-6-3/h4-7,12,16H,1,8-10H2,2-3H3;4-7H,1,8H2,2-3H3;1,4-5H2,2-3H3;5-6H,1H2,2-3H3;2*1,4H2,2-3H3. The first-order valence-corrected chi connectivity index (χ1v) is 27.2. The Morgan fingerprint density at radius 2 is 1.16 bits per heavy atom. The van der Waals surface area contributed by atoms with Crippen LogP contribution in [0.3, 0.4) is 0 Å². The first-order valence-electron chi connectivity index (χ1n) is 19.2. The number of rotatable bonds is 22. The van der Waals surface area contributed by atoms with Gasteiger partial charge in [0.25, 0.3) is 0 Å². The molecule has 0 spiro atoms. The van der Waals surface area contributed by atoms with Gasteiger partial charge in [-0.2, -0.15) is 35.3 Å². The predicted octanol–water partition coefficient (Wildman–Crippen LogP) is 12.8. The minimum atomic E-state index is -0.896. The number of hydrogen-bond donors (Lipinski definition) is 2. The van der Waals surface area contributed by atoms with Crippen molar-refractivity contribution in [1.82, 2.24) is 0 Å². The van der Waals surface area contributed by atoms with E-state index in [1.54, 1.807) is 31.7 Å². The molecule has 0 aromatic heterocycles. The number of para-hydroxylation sites is 1. The van der Waals surface area contributed by atoms with Crippen LogP contribution in [-0.2, 0) is 19.0 Å². The van der Waals surface area contributed by atoms with Crippen LogP contribution >= 0.6 is 70.6 Å². The molecule has 8 nitrogen and oxygen atoms in total. The third kappa shape index (κ3) is 44.2. The summed E-state index contributed by atoms with van der Waals surface area (Å²) in [6, 6.07) is 15.0. The summed E-state index contributed by atoms with van der Waals surface area (Å²) in [6.07, 6.45) is 12.3. The van der Waals surface area contributed by atoms with E-state index in [1.807, 2.05) is 117 Å². The summed E-state index contributed by atoms with van der Waals surface area (Å²) in [5, 5.41) is 18.4. The summed E-state index contributed by atoms with van der Waals surface area (Å²) in [5.41, 5.74) is 5.98. The van der Waals surface area contributed by atoms with Crippen LogP contribution in [0.5, 0.6) is 5.75 Å². The average molecular weight is 974 g/mol. The Morgan fingerprint density at radius 3 is 1.53 bits per heavy atom. The number of esters is 2. The second-order valence-corrected chi connectivity index (χ2v) is 18.8. The Hall–Kier alpha value is -2.40. The monoisotopic (exact) mass is 972 g/mol. The number of thioether (sulfide) groups is 6. The highest BCUT2D eigenvalue weighted by atomic mass is 32.2. The van der Waals surface area contributed by atoms with Crippen molar-refractivity contribution in [3.8, 4) is 5.75 Å². The van der Waals surface area contributed by atoms with Crippen molar-refractivity contribution in [2.45, 2.75) is 69.3 Å². The summed E-state index contributed by atoms with van der Waals surface area (Å²) >= 11 is 9.99. The molecule has 0 amide bonds. The van der Waals surface area contributed by atoms with E-state index in [0.29, 0.717) is 11.1 Å². The van der Waals surface area contributed by atoms with Gasteiger partial charge in [-0.15, -0.1) is 41.9 Å². The number of aliphatic hydroxyl groups is 2. The second-order valence-electron chi connectivity index (χ2n) is 13.5. The Labute approximate surface area is 402 Å². The Morgan fingerprint density at radius 1 is 0.645 bits per heavy atom. The summed E-state index contributed by atoms with van der Waals surface area (Å²) in [7, 11) is 0. The smallest absolute Gasteiger partial charge is 0.339 e. The molecule has 0 fully saturated rings. The highest BCUT2D eigenvalue weighted by Gasteiger charge is 2.12. The molecular formula is C48H76O8S6. The lowest BCUT2D eigenvalue weighted by Crippen LogP contribution is -2.24. The third-order valence-corrected chi connectivity index (χ3v) is 11.0. The fourth-order valence-electron chi connectivity index (χ4n) is 3.42. The number of carbonyl (C=O) groups is 2. The lowest BCUT2D eigenvalue weighted by molar-refractivity contribution is -0.143. The molecule has 62 heavy (non-hydrogen) atoms. The molecule has 2 N–H and O–H groups in total. The Kier molecular flexibility index (Phi) is 48.2. The van der Waals surface area contributed by atoms with Gasteiger partial charge in [-0.05, 0) is 127 Å². The third-order valence-electron chi connectivity index (χ3n) is 6.37. The van der Waals surface area contributed by atoms with Crippen LogP contribution < -0.4 is 4.74 Å². The van der Waals surface area contributed by atoms with Crippen molar-refractivity contribution in [2.75, 3.05) is 81.4 Å². The molecule has 2 aromatic carbocycles. The minimum absolute atomic E-state index is 0.0169. The van der Waals surface area contributed by atoms with Gasteiger partial charge in [-0.1, -0.05) is 73.9 Å². The van der Waals surface area contributed by atoms with E-state index >= 15 is 0 Å². The SMILES string of the molecule is C=C(C)C(=O)OCC(O)COCOc1ccccc1SC.C=C(C)C(O)SC.C=C(C)CCSC.C=C(C)COC(=O)c1ccccc1SC.C=C(C)CSC.C=C(C)CSC. The van der Waals surface area contributed by atoms with Gasteiger partial charge in [0.2, 0.25) is 0 Å². The number of ether oxygens (including phenoxy) is 4. The average Bonchev–Trinajstić information content (AvgIpc) is 3.23. The fraction of sp³-hybridized carbons (Fsp3) is 0.458. The highest BCUT2D eigenvalue weighted by Crippen LogP contribution is 2.26. The predicted molar refractivity (Wildman–Crippen MR) is 283 cm³/mol. The molecule has 352 valence electrons. The van der Waals surface area contributed by atoms with E-state index in [-0.39, 0.29) is 38.0 Å². The van der Waals surface area contributed by atoms with Gasteiger partial charge < -0.3 is 29.2 Å². The van der Waals surface area contributed by atoms with E-state index in [4.69, 9.17) is 24.1 Å². The number of aliphatic hydroxyl groups excluding tert-OH is 2. The van der Waals surface area contributed by atoms with Gasteiger partial charge in [0.1, 0.15) is 30.5 Å². The van der Waals surface area contributed by atoms with E-state index in [1.165, 1.54) is 52.4 Å². The minimum Gasteiger partial charge on any atom is -0.466 e. The maximum absolute atomic E-state index is 11.7. The number of allylic oxidation sites excluding steroid dienone is 1. The van der Waals surface area contributed by atoms with Gasteiger partial charge in [-0.25, -0.2) is 9.59 Å². The number of carbonyl (C=O) groups excluding carboxylic acids is 2. The molecular weight excluding hydrogens is 897 g/mol. The van der Waals surface area contributed by atoms with Crippen molar-refractivity contribution in [3.05, 3.63) is 127 Å². The molecule has 0 saturated carbocycles. The maximum Gasteiger partial charge on any atom is 0.339 e. The molecule has 0 bridgehead atoms. The molecule has 0 aliphatic rings. The molecule has 2 aromatic rings. The van der Waals surface area contributed by atoms with Gasteiger partial charge in [0, 0.05) is 26.9 Å². The summed E-state index contributed by atoms with van der Waals surface area (Å²) in [4.78, 5) is 24.7. The normalized spacial score (nSPS) is 10.5. The first-order chi connectivity index (χ1) is 29.2. The van der Waals surface area contributed by atoms with Crippen molar-refractivity contribution >= 4 is 82.5 Å². The molecule has 0 aliphatic carbocycles. The summed E-state index contributed by atoms with van der Waals surface area (Å²) < 4.78 is 20.5. The lowest BCUT2D eigenvalue weighted by atomic mass is 10.2. The highest BCUT2D eigenvalue weighted by molar-refractivity contribution is 7.99. The van der Waals surface area contributed by atoms with Gasteiger partial charge in [-0.3, -0.25) is 0 Å². The first kappa shape index (κ1) is 66.2. The Bertz CT molecular complexity index is 1560. The zero-order chi connectivity index (χ0) is 48.5. The Balaban J connectivity index is -0.000000356. The number of hydrogen-bond acceptors (Lipinski definition) is 14. The van der Waals surface area contributed by atoms with Gasteiger partial charge in [0.05, 0.1) is 12.2 Å². The zero-order valence-corrected chi connectivity index (χ0v) is 44.4. The van der Waals surface area contributed by atoms with Crippen LogP contribution in [0.1, 0.15) is 58.3 Å². The second kappa shape index (κ2) is 45.2.